The number of carbonyl (C=O) groups is 1. The number of rotatable bonds is 4. The number of carbonyl (C=O) groups excluding carboxylic acids is 1. The van der Waals surface area contributed by atoms with Gasteiger partial charge in [0.2, 0.25) is 0 Å². The van der Waals surface area contributed by atoms with E-state index in [1.165, 1.54) is 19.3 Å². The highest BCUT2D eigenvalue weighted by molar-refractivity contribution is 5.69. The van der Waals surface area contributed by atoms with Gasteiger partial charge < -0.3 is 10.5 Å². The minimum atomic E-state index is -0.127. The Morgan fingerprint density at radius 2 is 2.14 bits per heavy atom. The molecular weight excluding hydrogens is 178 g/mol. The van der Waals surface area contributed by atoms with Crippen LogP contribution in [0.2, 0.25) is 0 Å². The van der Waals surface area contributed by atoms with E-state index in [2.05, 4.69) is 6.92 Å². The molecule has 0 heterocycles. The summed E-state index contributed by atoms with van der Waals surface area (Å²) in [6.45, 7) is 2.56. The Morgan fingerprint density at radius 3 is 2.79 bits per heavy atom. The molecule has 1 aliphatic rings. The summed E-state index contributed by atoms with van der Waals surface area (Å²) in [5.74, 6) is 0.448. The molecule has 2 unspecified atom stereocenters. The van der Waals surface area contributed by atoms with Crippen LogP contribution < -0.4 is 5.73 Å². The molecule has 0 bridgehead atoms. The molecule has 0 aromatic carbocycles. The highest BCUT2D eigenvalue weighted by atomic mass is 16.5. The van der Waals surface area contributed by atoms with Crippen LogP contribution in [0, 0.1) is 5.92 Å². The quantitative estimate of drug-likeness (QED) is 0.703. The average molecular weight is 199 g/mol. The predicted molar refractivity (Wildman–Crippen MR) is 55.8 cm³/mol. The first-order valence-corrected chi connectivity index (χ1v) is 5.67. The second kappa shape index (κ2) is 6.02. The second-order valence-corrected chi connectivity index (χ2v) is 4.02. The Balaban J connectivity index is 2.36. The Labute approximate surface area is 86.0 Å². The molecule has 0 aliphatic heterocycles. The summed E-state index contributed by atoms with van der Waals surface area (Å²) in [7, 11) is 0. The molecule has 0 aromatic rings. The van der Waals surface area contributed by atoms with E-state index in [4.69, 9.17) is 10.5 Å². The minimum Gasteiger partial charge on any atom is -0.462 e. The molecular formula is C11H21NO2. The summed E-state index contributed by atoms with van der Waals surface area (Å²) in [6, 6.07) is 0. The molecule has 2 atom stereocenters. The summed E-state index contributed by atoms with van der Waals surface area (Å²) in [5.41, 5.74) is 5.30. The van der Waals surface area contributed by atoms with Gasteiger partial charge in [0.1, 0.15) is 6.10 Å². The van der Waals surface area contributed by atoms with E-state index in [0.29, 0.717) is 18.9 Å². The maximum Gasteiger partial charge on any atom is 0.307 e. The van der Waals surface area contributed by atoms with E-state index in [0.717, 1.165) is 12.8 Å². The molecule has 0 aromatic heterocycles. The van der Waals surface area contributed by atoms with Gasteiger partial charge in [-0.2, -0.15) is 0 Å². The third-order valence-corrected chi connectivity index (χ3v) is 3.00. The molecule has 1 aliphatic carbocycles. The van der Waals surface area contributed by atoms with Gasteiger partial charge in [-0.05, 0) is 31.6 Å². The lowest BCUT2D eigenvalue weighted by Gasteiger charge is -2.30. The highest BCUT2D eigenvalue weighted by Gasteiger charge is 2.26. The molecule has 0 radical (unpaired) electrons. The van der Waals surface area contributed by atoms with Crippen molar-refractivity contribution in [3.8, 4) is 0 Å². The lowest BCUT2D eigenvalue weighted by molar-refractivity contribution is -0.153. The fourth-order valence-corrected chi connectivity index (χ4v) is 2.14. The summed E-state index contributed by atoms with van der Waals surface area (Å²) in [4.78, 5) is 11.3. The molecule has 2 N–H and O–H groups in total. The molecule has 1 saturated carbocycles. The first kappa shape index (κ1) is 11.5. The van der Waals surface area contributed by atoms with Gasteiger partial charge in [-0.1, -0.05) is 13.3 Å². The Bertz CT molecular complexity index is 182. The van der Waals surface area contributed by atoms with Gasteiger partial charge in [0.25, 0.3) is 0 Å². The molecule has 1 fully saturated rings. The van der Waals surface area contributed by atoms with Gasteiger partial charge in [0, 0.05) is 6.54 Å². The van der Waals surface area contributed by atoms with Crippen LogP contribution in [0.15, 0.2) is 0 Å². The summed E-state index contributed by atoms with van der Waals surface area (Å²) in [6.07, 6.45) is 6.34. The van der Waals surface area contributed by atoms with Crippen molar-refractivity contribution in [2.24, 2.45) is 11.7 Å². The topological polar surface area (TPSA) is 52.3 Å². The SMILES string of the molecule is CCC1CCCCC1OC(=O)CCN. The van der Waals surface area contributed by atoms with Crippen molar-refractivity contribution >= 4 is 5.97 Å². The van der Waals surface area contributed by atoms with Crippen molar-refractivity contribution in [1.29, 1.82) is 0 Å². The zero-order valence-electron chi connectivity index (χ0n) is 9.00. The zero-order valence-corrected chi connectivity index (χ0v) is 9.00. The number of hydrogen-bond acceptors (Lipinski definition) is 3. The summed E-state index contributed by atoms with van der Waals surface area (Å²) >= 11 is 0. The van der Waals surface area contributed by atoms with Crippen LogP contribution in [0.5, 0.6) is 0 Å². The summed E-state index contributed by atoms with van der Waals surface area (Å²) in [5, 5.41) is 0. The van der Waals surface area contributed by atoms with E-state index in [9.17, 15) is 4.79 Å². The van der Waals surface area contributed by atoms with Crippen LogP contribution in [0.1, 0.15) is 45.4 Å². The van der Waals surface area contributed by atoms with E-state index in [1.807, 2.05) is 0 Å². The van der Waals surface area contributed by atoms with Crippen LogP contribution in [0.4, 0.5) is 0 Å². The van der Waals surface area contributed by atoms with Gasteiger partial charge >= 0.3 is 5.97 Å². The van der Waals surface area contributed by atoms with Crippen LogP contribution >= 0.6 is 0 Å². The molecule has 0 spiro atoms. The number of esters is 1. The number of hydrogen-bond donors (Lipinski definition) is 1. The fourth-order valence-electron chi connectivity index (χ4n) is 2.14. The molecule has 1 rings (SSSR count). The first-order valence-electron chi connectivity index (χ1n) is 5.67. The van der Waals surface area contributed by atoms with Crippen LogP contribution in [-0.2, 0) is 9.53 Å². The largest absolute Gasteiger partial charge is 0.462 e. The molecule has 0 saturated heterocycles. The monoisotopic (exact) mass is 199 g/mol. The minimum absolute atomic E-state index is 0.127. The fraction of sp³-hybridized carbons (Fsp3) is 0.909. The van der Waals surface area contributed by atoms with E-state index < -0.39 is 0 Å². The highest BCUT2D eigenvalue weighted by Crippen LogP contribution is 2.29. The predicted octanol–water partition coefficient (Wildman–Crippen LogP) is 1.85. The smallest absolute Gasteiger partial charge is 0.307 e. The second-order valence-electron chi connectivity index (χ2n) is 4.02. The van der Waals surface area contributed by atoms with Crippen molar-refractivity contribution in [3.63, 3.8) is 0 Å². The van der Waals surface area contributed by atoms with Gasteiger partial charge in [-0.25, -0.2) is 0 Å². The maximum absolute atomic E-state index is 11.3. The Kier molecular flexibility index (Phi) is 4.94. The van der Waals surface area contributed by atoms with Crippen LogP contribution in [0.3, 0.4) is 0 Å². The number of nitrogens with two attached hydrogens (primary N) is 1. The molecule has 0 amide bonds. The third-order valence-electron chi connectivity index (χ3n) is 3.00. The van der Waals surface area contributed by atoms with Crippen molar-refractivity contribution in [2.75, 3.05) is 6.54 Å². The van der Waals surface area contributed by atoms with Crippen LogP contribution in [-0.4, -0.2) is 18.6 Å². The lowest BCUT2D eigenvalue weighted by Crippen LogP contribution is -2.30. The van der Waals surface area contributed by atoms with Gasteiger partial charge in [-0.3, -0.25) is 4.79 Å². The van der Waals surface area contributed by atoms with Crippen molar-refractivity contribution in [3.05, 3.63) is 0 Å². The third kappa shape index (κ3) is 3.29. The average Bonchev–Trinajstić information content (AvgIpc) is 2.19. The Morgan fingerprint density at radius 1 is 1.43 bits per heavy atom. The first-order chi connectivity index (χ1) is 6.77. The zero-order chi connectivity index (χ0) is 10.4. The molecule has 3 nitrogen and oxygen atoms in total. The van der Waals surface area contributed by atoms with Gasteiger partial charge in [-0.15, -0.1) is 0 Å². The van der Waals surface area contributed by atoms with Crippen molar-refractivity contribution in [1.82, 2.24) is 0 Å². The Hall–Kier alpha value is -0.570. The van der Waals surface area contributed by atoms with Gasteiger partial charge in [0.15, 0.2) is 0 Å². The molecule has 82 valence electrons. The lowest BCUT2D eigenvalue weighted by atomic mass is 9.85. The van der Waals surface area contributed by atoms with Crippen LogP contribution in [0.25, 0.3) is 0 Å². The van der Waals surface area contributed by atoms with E-state index in [1.54, 1.807) is 0 Å². The van der Waals surface area contributed by atoms with E-state index >= 15 is 0 Å². The summed E-state index contributed by atoms with van der Waals surface area (Å²) < 4.78 is 5.42. The standard InChI is InChI=1S/C11H21NO2/c1-2-9-5-3-4-6-10(9)14-11(13)7-8-12/h9-10H,2-8,12H2,1H3. The molecule has 14 heavy (non-hydrogen) atoms. The van der Waals surface area contributed by atoms with Crippen molar-refractivity contribution < 1.29 is 9.53 Å². The van der Waals surface area contributed by atoms with E-state index in [-0.39, 0.29) is 12.1 Å². The van der Waals surface area contributed by atoms with Crippen molar-refractivity contribution in [2.45, 2.75) is 51.6 Å². The maximum atomic E-state index is 11.3. The normalized spacial score (nSPS) is 27.3. The number of ether oxygens (including phenoxy) is 1. The van der Waals surface area contributed by atoms with Gasteiger partial charge in [0.05, 0.1) is 6.42 Å². The molecule has 3 heteroatoms.